The first-order chi connectivity index (χ1) is 16.0. The Balaban J connectivity index is 1.13. The highest BCUT2D eigenvalue weighted by Gasteiger charge is 2.27. The minimum atomic E-state index is -0.154. The van der Waals surface area contributed by atoms with Crippen LogP contribution in [-0.2, 0) is 11.3 Å². The number of anilines is 1. The molecule has 5 heterocycles. The Hall–Kier alpha value is -3.27. The van der Waals surface area contributed by atoms with E-state index in [9.17, 15) is 9.59 Å². The molecule has 1 saturated heterocycles. The summed E-state index contributed by atoms with van der Waals surface area (Å²) in [4.78, 5) is 38.6. The van der Waals surface area contributed by atoms with Crippen LogP contribution in [0.15, 0.2) is 35.5 Å². The third-order valence-electron chi connectivity index (χ3n) is 6.44. The van der Waals surface area contributed by atoms with Crippen molar-refractivity contribution >= 4 is 38.9 Å². The Kier molecular flexibility index (Phi) is 5.84. The maximum absolute atomic E-state index is 12.7. The fourth-order valence-corrected chi connectivity index (χ4v) is 5.45. The second-order valence-corrected chi connectivity index (χ2v) is 9.70. The van der Waals surface area contributed by atoms with Crippen LogP contribution in [0.3, 0.4) is 0 Å². The number of carbonyl (C=O) groups is 1. The van der Waals surface area contributed by atoms with Crippen LogP contribution in [0.1, 0.15) is 29.7 Å². The molecule has 0 spiro atoms. The van der Waals surface area contributed by atoms with Crippen LogP contribution in [-0.4, -0.2) is 49.7 Å². The summed E-state index contributed by atoms with van der Waals surface area (Å²) in [6.07, 6.45) is 5.60. The molecule has 0 atom stereocenters. The molecule has 33 heavy (non-hydrogen) atoms. The van der Waals surface area contributed by atoms with Crippen LogP contribution in [0.4, 0.5) is 5.82 Å². The van der Waals surface area contributed by atoms with Gasteiger partial charge in [-0.15, -0.1) is 16.4 Å². The van der Waals surface area contributed by atoms with Gasteiger partial charge in [-0.1, -0.05) is 6.07 Å². The number of fused-ring (bicyclic) bond motifs is 2. The van der Waals surface area contributed by atoms with Crippen molar-refractivity contribution < 1.29 is 4.79 Å². The largest absolute Gasteiger partial charge is 0.356 e. The van der Waals surface area contributed by atoms with Crippen molar-refractivity contribution in [2.24, 2.45) is 5.92 Å². The number of rotatable bonds is 6. The van der Waals surface area contributed by atoms with E-state index in [-0.39, 0.29) is 17.5 Å². The molecule has 0 aromatic carbocycles. The highest BCUT2D eigenvalue weighted by Crippen LogP contribution is 2.35. The lowest BCUT2D eigenvalue weighted by Crippen LogP contribution is -2.41. The molecule has 172 valence electrons. The number of aryl methyl sites for hydroxylation is 3. The molecule has 0 bridgehead atoms. The van der Waals surface area contributed by atoms with Crippen molar-refractivity contribution in [1.82, 2.24) is 29.5 Å². The number of hydrogen-bond donors (Lipinski definition) is 1. The summed E-state index contributed by atoms with van der Waals surface area (Å²) in [5.74, 6) is 1.08. The maximum atomic E-state index is 12.7. The van der Waals surface area contributed by atoms with Gasteiger partial charge in [0.05, 0.1) is 5.39 Å². The van der Waals surface area contributed by atoms with Gasteiger partial charge in [0, 0.05) is 43.2 Å². The Morgan fingerprint density at radius 2 is 2.03 bits per heavy atom. The van der Waals surface area contributed by atoms with Crippen molar-refractivity contribution in [1.29, 1.82) is 0 Å². The molecule has 9 nitrogen and oxygen atoms in total. The standard InChI is InChI=1S/C23H27N7O2S/c1-15-16(2)33-22-19(15)20(25-14-26-22)28-12-7-17(8-13-28)21(31)24-9-5-11-30-23(32)29-10-4-3-6-18(29)27-30/h3-4,6,10,14,17H,5,7-9,11-13H2,1-2H3,(H,24,31). The zero-order valence-corrected chi connectivity index (χ0v) is 19.6. The molecule has 0 radical (unpaired) electrons. The van der Waals surface area contributed by atoms with E-state index < -0.39 is 0 Å². The molecule has 0 aliphatic carbocycles. The fourth-order valence-electron chi connectivity index (χ4n) is 4.46. The summed E-state index contributed by atoms with van der Waals surface area (Å²) < 4.78 is 2.98. The lowest BCUT2D eigenvalue weighted by molar-refractivity contribution is -0.125. The quantitative estimate of drug-likeness (QED) is 0.440. The number of hydrogen-bond acceptors (Lipinski definition) is 7. The molecular formula is C23H27N7O2S. The SMILES string of the molecule is Cc1sc2ncnc(N3CCC(C(=O)NCCCn4nc5ccccn5c4=O)CC3)c2c1C. The molecule has 4 aromatic heterocycles. The van der Waals surface area contributed by atoms with Crippen molar-refractivity contribution in [3.8, 4) is 0 Å². The smallest absolute Gasteiger partial charge is 0.350 e. The van der Waals surface area contributed by atoms with Crippen LogP contribution in [0, 0.1) is 19.8 Å². The molecule has 10 heteroatoms. The molecule has 0 saturated carbocycles. The van der Waals surface area contributed by atoms with Gasteiger partial charge in [-0.2, -0.15) is 0 Å². The second kappa shape index (κ2) is 8.93. The number of nitrogens with one attached hydrogen (secondary N) is 1. The van der Waals surface area contributed by atoms with Gasteiger partial charge in [0.25, 0.3) is 0 Å². The monoisotopic (exact) mass is 465 g/mol. The highest BCUT2D eigenvalue weighted by atomic mass is 32.1. The van der Waals surface area contributed by atoms with Crippen molar-refractivity contribution in [3.05, 3.63) is 51.6 Å². The minimum absolute atomic E-state index is 0.00167. The predicted octanol–water partition coefficient (Wildman–Crippen LogP) is 2.54. The van der Waals surface area contributed by atoms with Crippen LogP contribution in [0.5, 0.6) is 0 Å². The zero-order chi connectivity index (χ0) is 22.9. The summed E-state index contributed by atoms with van der Waals surface area (Å²) in [6.45, 7) is 6.85. The first kappa shape index (κ1) is 21.6. The third kappa shape index (κ3) is 4.10. The van der Waals surface area contributed by atoms with Crippen LogP contribution in [0.25, 0.3) is 15.9 Å². The molecule has 1 aliphatic rings. The maximum Gasteiger partial charge on any atom is 0.350 e. The van der Waals surface area contributed by atoms with Crippen molar-refractivity contribution in [2.75, 3.05) is 24.5 Å². The summed E-state index contributed by atoms with van der Waals surface area (Å²) in [7, 11) is 0. The summed E-state index contributed by atoms with van der Waals surface area (Å²) in [5, 5.41) is 8.51. The van der Waals surface area contributed by atoms with Gasteiger partial charge >= 0.3 is 5.69 Å². The first-order valence-corrected chi connectivity index (χ1v) is 12.1. The molecule has 1 aliphatic heterocycles. The molecule has 1 N–H and O–H groups in total. The molecule has 5 rings (SSSR count). The number of thiophene rings is 1. The van der Waals surface area contributed by atoms with Crippen LogP contribution < -0.4 is 15.9 Å². The minimum Gasteiger partial charge on any atom is -0.356 e. The number of pyridine rings is 1. The number of aromatic nitrogens is 5. The number of piperidine rings is 1. The van der Waals surface area contributed by atoms with E-state index in [0.29, 0.717) is 25.2 Å². The van der Waals surface area contributed by atoms with Crippen LogP contribution >= 0.6 is 11.3 Å². The highest BCUT2D eigenvalue weighted by molar-refractivity contribution is 7.18. The Morgan fingerprint density at radius 1 is 1.21 bits per heavy atom. The average molecular weight is 466 g/mol. The summed E-state index contributed by atoms with van der Waals surface area (Å²) in [6, 6.07) is 5.47. The Labute approximate surface area is 195 Å². The third-order valence-corrected chi connectivity index (χ3v) is 7.56. The number of amides is 1. The van der Waals surface area contributed by atoms with E-state index in [1.54, 1.807) is 29.9 Å². The molecular weight excluding hydrogens is 438 g/mol. The van der Waals surface area contributed by atoms with Crippen molar-refractivity contribution in [3.63, 3.8) is 0 Å². The Bertz CT molecular complexity index is 1360. The summed E-state index contributed by atoms with van der Waals surface area (Å²) in [5.41, 5.74) is 1.72. The normalized spacial score (nSPS) is 14.9. The fraction of sp³-hybridized carbons (Fsp3) is 0.435. The second-order valence-electron chi connectivity index (χ2n) is 8.50. The lowest BCUT2D eigenvalue weighted by Gasteiger charge is -2.32. The van der Waals surface area contributed by atoms with E-state index in [0.717, 1.165) is 42.0 Å². The van der Waals surface area contributed by atoms with E-state index in [1.165, 1.54) is 19.5 Å². The topological polar surface area (TPSA) is 97.4 Å². The van der Waals surface area contributed by atoms with E-state index >= 15 is 0 Å². The van der Waals surface area contributed by atoms with Gasteiger partial charge in [-0.25, -0.2) is 19.4 Å². The van der Waals surface area contributed by atoms with Gasteiger partial charge in [0.1, 0.15) is 17.0 Å². The number of nitrogens with zero attached hydrogens (tertiary/aromatic N) is 6. The lowest BCUT2D eigenvalue weighted by atomic mass is 9.95. The predicted molar refractivity (Wildman–Crippen MR) is 129 cm³/mol. The van der Waals surface area contributed by atoms with Gasteiger partial charge in [0.2, 0.25) is 5.91 Å². The van der Waals surface area contributed by atoms with Gasteiger partial charge in [-0.3, -0.25) is 9.20 Å². The molecule has 0 unspecified atom stereocenters. The average Bonchev–Trinajstić information content (AvgIpc) is 3.32. The first-order valence-electron chi connectivity index (χ1n) is 11.3. The molecule has 1 fully saturated rings. The Morgan fingerprint density at radius 3 is 2.82 bits per heavy atom. The van der Waals surface area contributed by atoms with E-state index in [4.69, 9.17) is 0 Å². The van der Waals surface area contributed by atoms with Crippen molar-refractivity contribution in [2.45, 2.75) is 39.7 Å². The summed E-state index contributed by atoms with van der Waals surface area (Å²) >= 11 is 1.70. The van der Waals surface area contributed by atoms with E-state index in [2.05, 4.69) is 39.1 Å². The molecule has 4 aromatic rings. The number of carbonyl (C=O) groups excluding carboxylic acids is 1. The van der Waals surface area contributed by atoms with Gasteiger partial charge in [0.15, 0.2) is 5.65 Å². The van der Waals surface area contributed by atoms with Gasteiger partial charge in [-0.05, 0) is 50.8 Å². The van der Waals surface area contributed by atoms with E-state index in [1.807, 2.05) is 12.1 Å². The molecule has 1 amide bonds. The van der Waals surface area contributed by atoms with Crippen LogP contribution in [0.2, 0.25) is 0 Å². The van der Waals surface area contributed by atoms with Gasteiger partial charge < -0.3 is 10.2 Å². The zero-order valence-electron chi connectivity index (χ0n) is 18.8.